The summed E-state index contributed by atoms with van der Waals surface area (Å²) >= 11 is 7.54. The third-order valence-electron chi connectivity index (χ3n) is 6.19. The quantitative estimate of drug-likeness (QED) is 0.258. The van der Waals surface area contributed by atoms with Crippen LogP contribution in [0.5, 0.6) is 17.2 Å². The molecule has 0 aliphatic carbocycles. The second kappa shape index (κ2) is 15.4. The Morgan fingerprint density at radius 1 is 0.897 bits per heavy atom. The minimum atomic E-state index is -0.303. The summed E-state index contributed by atoms with van der Waals surface area (Å²) in [7, 11) is 4.75. The Morgan fingerprint density at radius 3 is 2.28 bits per heavy atom. The molecule has 0 saturated heterocycles. The molecule has 0 atom stereocenters. The molecule has 10 heteroatoms. The van der Waals surface area contributed by atoms with Crippen LogP contribution < -0.4 is 14.2 Å². The first-order valence-electron chi connectivity index (χ1n) is 12.5. The van der Waals surface area contributed by atoms with E-state index in [1.165, 1.54) is 4.90 Å². The van der Waals surface area contributed by atoms with Gasteiger partial charge in [0.25, 0.3) is 5.91 Å². The predicted molar refractivity (Wildman–Crippen MR) is 153 cm³/mol. The zero-order chi connectivity index (χ0) is 28.2. The first-order valence-corrected chi connectivity index (χ1v) is 13.8. The number of aryl methyl sites for hydroxylation is 1. The van der Waals surface area contributed by atoms with Gasteiger partial charge in [-0.2, -0.15) is 0 Å². The summed E-state index contributed by atoms with van der Waals surface area (Å²) < 4.78 is 21.6. The van der Waals surface area contributed by atoms with Crippen molar-refractivity contribution in [3.05, 3.63) is 74.9 Å². The smallest absolute Gasteiger partial charge is 0.261 e. The highest BCUT2D eigenvalue weighted by molar-refractivity contribution is 7.10. The lowest BCUT2D eigenvalue weighted by atomic mass is 10.1. The van der Waals surface area contributed by atoms with E-state index in [1.807, 2.05) is 36.6 Å². The van der Waals surface area contributed by atoms with Crippen molar-refractivity contribution in [2.45, 2.75) is 19.9 Å². The van der Waals surface area contributed by atoms with Gasteiger partial charge in [-0.1, -0.05) is 17.7 Å². The van der Waals surface area contributed by atoms with Gasteiger partial charge in [-0.05, 0) is 72.3 Å². The number of amides is 2. The molecular weight excluding hydrogens is 540 g/mol. The molecule has 0 unspecified atom stereocenters. The first kappa shape index (κ1) is 30.3. The van der Waals surface area contributed by atoms with Crippen LogP contribution in [0.25, 0.3) is 0 Å². The van der Waals surface area contributed by atoms with Crippen LogP contribution in [0.2, 0.25) is 5.02 Å². The SMILES string of the molecule is COCCN(CC(=O)N(CCc1ccc(OC)c(OC)c1)Cc1sccc1C)C(=O)COc1ccc(Cl)cc1. The highest BCUT2D eigenvalue weighted by Gasteiger charge is 2.23. The molecule has 2 amide bonds. The van der Waals surface area contributed by atoms with Gasteiger partial charge in [-0.25, -0.2) is 0 Å². The maximum absolute atomic E-state index is 13.6. The summed E-state index contributed by atoms with van der Waals surface area (Å²) in [5, 5.41) is 2.60. The molecule has 0 radical (unpaired) electrons. The molecule has 0 fully saturated rings. The van der Waals surface area contributed by atoms with E-state index in [0.29, 0.717) is 48.4 Å². The van der Waals surface area contributed by atoms with E-state index in [9.17, 15) is 9.59 Å². The van der Waals surface area contributed by atoms with Gasteiger partial charge in [0.05, 0.1) is 33.9 Å². The second-order valence-electron chi connectivity index (χ2n) is 8.83. The van der Waals surface area contributed by atoms with E-state index in [0.717, 1.165) is 16.0 Å². The van der Waals surface area contributed by atoms with Crippen molar-refractivity contribution in [2.75, 3.05) is 54.2 Å². The Labute approximate surface area is 239 Å². The number of thiophene rings is 1. The Balaban J connectivity index is 1.72. The molecule has 0 aliphatic heterocycles. The second-order valence-corrected chi connectivity index (χ2v) is 10.3. The average Bonchev–Trinajstić information content (AvgIpc) is 3.36. The lowest BCUT2D eigenvalue weighted by Crippen LogP contribution is -2.46. The van der Waals surface area contributed by atoms with Gasteiger partial charge in [0.15, 0.2) is 18.1 Å². The molecular formula is C29H35ClN2O6S. The van der Waals surface area contributed by atoms with Crippen LogP contribution in [-0.2, 0) is 27.3 Å². The molecule has 210 valence electrons. The monoisotopic (exact) mass is 574 g/mol. The fourth-order valence-corrected chi connectivity index (χ4v) is 4.90. The lowest BCUT2D eigenvalue weighted by Gasteiger charge is -2.28. The highest BCUT2D eigenvalue weighted by atomic mass is 35.5. The molecule has 39 heavy (non-hydrogen) atoms. The van der Waals surface area contributed by atoms with Gasteiger partial charge in [0.1, 0.15) is 5.75 Å². The van der Waals surface area contributed by atoms with Crippen molar-refractivity contribution in [1.82, 2.24) is 9.80 Å². The van der Waals surface area contributed by atoms with E-state index >= 15 is 0 Å². The van der Waals surface area contributed by atoms with E-state index < -0.39 is 0 Å². The Morgan fingerprint density at radius 2 is 1.64 bits per heavy atom. The summed E-state index contributed by atoms with van der Waals surface area (Å²) in [5.41, 5.74) is 2.14. The number of hydrogen-bond donors (Lipinski definition) is 0. The van der Waals surface area contributed by atoms with Crippen LogP contribution >= 0.6 is 22.9 Å². The Kier molecular flexibility index (Phi) is 11.9. The number of carbonyl (C=O) groups excluding carboxylic acids is 2. The number of ether oxygens (including phenoxy) is 4. The number of nitrogens with zero attached hydrogens (tertiary/aromatic N) is 2. The van der Waals surface area contributed by atoms with Gasteiger partial charge < -0.3 is 28.7 Å². The van der Waals surface area contributed by atoms with Crippen molar-refractivity contribution in [3.63, 3.8) is 0 Å². The topological polar surface area (TPSA) is 77.5 Å². The fourth-order valence-electron chi connectivity index (χ4n) is 3.86. The van der Waals surface area contributed by atoms with Crippen LogP contribution in [0.15, 0.2) is 53.9 Å². The van der Waals surface area contributed by atoms with E-state index in [4.69, 9.17) is 30.5 Å². The minimum Gasteiger partial charge on any atom is -0.493 e. The molecule has 0 aliphatic rings. The molecule has 8 nitrogen and oxygen atoms in total. The van der Waals surface area contributed by atoms with Gasteiger partial charge in [0, 0.05) is 30.1 Å². The normalized spacial score (nSPS) is 10.7. The molecule has 0 spiro atoms. The van der Waals surface area contributed by atoms with Crippen molar-refractivity contribution in [2.24, 2.45) is 0 Å². The molecule has 0 saturated carbocycles. The zero-order valence-corrected chi connectivity index (χ0v) is 24.3. The van der Waals surface area contributed by atoms with Crippen LogP contribution in [-0.4, -0.2) is 75.8 Å². The summed E-state index contributed by atoms with van der Waals surface area (Å²) in [4.78, 5) is 31.0. The Bertz CT molecular complexity index is 1220. The van der Waals surface area contributed by atoms with E-state index in [2.05, 4.69) is 0 Å². The maximum atomic E-state index is 13.6. The summed E-state index contributed by atoms with van der Waals surface area (Å²) in [6.45, 7) is 3.26. The van der Waals surface area contributed by atoms with Gasteiger partial charge >= 0.3 is 0 Å². The molecule has 3 rings (SSSR count). The summed E-state index contributed by atoms with van der Waals surface area (Å²) in [6.07, 6.45) is 0.613. The Hall–Kier alpha value is -3.27. The van der Waals surface area contributed by atoms with Gasteiger partial charge in [0.2, 0.25) is 5.91 Å². The van der Waals surface area contributed by atoms with Crippen LogP contribution in [0, 0.1) is 6.92 Å². The summed E-state index contributed by atoms with van der Waals surface area (Å²) in [6, 6.07) is 14.5. The molecule has 0 bridgehead atoms. The number of methoxy groups -OCH3 is 3. The first-order chi connectivity index (χ1) is 18.8. The van der Waals surface area contributed by atoms with Gasteiger partial charge in [-0.3, -0.25) is 9.59 Å². The third kappa shape index (κ3) is 9.16. The van der Waals surface area contributed by atoms with Crippen molar-refractivity contribution >= 4 is 34.8 Å². The number of rotatable bonds is 15. The maximum Gasteiger partial charge on any atom is 0.261 e. The van der Waals surface area contributed by atoms with Crippen LogP contribution in [0.4, 0.5) is 0 Å². The standard InChI is InChI=1S/C29H35ClN2O6S/c1-21-12-16-39-27(21)18-31(13-11-22-5-10-25(36-3)26(17-22)37-4)28(33)19-32(14-15-35-2)29(34)20-38-24-8-6-23(30)7-9-24/h5-10,12,16-17H,11,13-15,18-20H2,1-4H3. The molecule has 1 aromatic heterocycles. The largest absolute Gasteiger partial charge is 0.493 e. The van der Waals surface area contributed by atoms with Crippen molar-refractivity contribution in [1.29, 1.82) is 0 Å². The van der Waals surface area contributed by atoms with E-state index in [1.54, 1.807) is 61.8 Å². The number of halogens is 1. The minimum absolute atomic E-state index is 0.0808. The number of benzene rings is 2. The highest BCUT2D eigenvalue weighted by Crippen LogP contribution is 2.28. The fraction of sp³-hybridized carbons (Fsp3) is 0.379. The van der Waals surface area contributed by atoms with Crippen molar-refractivity contribution in [3.8, 4) is 17.2 Å². The lowest BCUT2D eigenvalue weighted by molar-refractivity contribution is -0.142. The number of hydrogen-bond acceptors (Lipinski definition) is 7. The van der Waals surface area contributed by atoms with E-state index in [-0.39, 0.29) is 31.5 Å². The van der Waals surface area contributed by atoms with Crippen LogP contribution in [0.1, 0.15) is 16.0 Å². The van der Waals surface area contributed by atoms with Crippen LogP contribution in [0.3, 0.4) is 0 Å². The molecule has 1 heterocycles. The van der Waals surface area contributed by atoms with Crippen molar-refractivity contribution < 1.29 is 28.5 Å². The summed E-state index contributed by atoms with van der Waals surface area (Å²) in [5.74, 6) is 1.35. The zero-order valence-electron chi connectivity index (χ0n) is 22.8. The molecule has 0 N–H and O–H groups in total. The third-order valence-corrected chi connectivity index (χ3v) is 7.45. The molecule has 2 aromatic carbocycles. The molecule has 3 aromatic rings. The number of carbonyl (C=O) groups is 2. The predicted octanol–water partition coefficient (Wildman–Crippen LogP) is 4.85. The average molecular weight is 575 g/mol. The van der Waals surface area contributed by atoms with Gasteiger partial charge in [-0.15, -0.1) is 11.3 Å².